The Labute approximate surface area is 190 Å². The molecule has 182 valence electrons. The summed E-state index contributed by atoms with van der Waals surface area (Å²) < 4.78 is 6.48. The Kier molecular flexibility index (Phi) is 9.47. The minimum Gasteiger partial charge on any atom is -0.383 e. The Morgan fingerprint density at radius 1 is 1.22 bits per heavy atom. The van der Waals surface area contributed by atoms with E-state index in [0.29, 0.717) is 18.6 Å². The van der Waals surface area contributed by atoms with E-state index >= 15 is 0 Å². The third-order valence-corrected chi connectivity index (χ3v) is 6.09. The van der Waals surface area contributed by atoms with Gasteiger partial charge in [-0.1, -0.05) is 13.8 Å². The van der Waals surface area contributed by atoms with E-state index in [4.69, 9.17) is 10.5 Å². The van der Waals surface area contributed by atoms with Crippen LogP contribution in [0.25, 0.3) is 0 Å². The number of piperidine rings is 1. The minimum atomic E-state index is -0.662. The maximum Gasteiger partial charge on any atom is 0.330 e. The summed E-state index contributed by atoms with van der Waals surface area (Å²) in [5.74, 6) is -0.104. The number of likely N-dealkylation sites (tertiary alicyclic amines) is 1. The molecule has 1 aliphatic heterocycles. The molecule has 0 radical (unpaired) electrons. The summed E-state index contributed by atoms with van der Waals surface area (Å²) in [6.45, 7) is 11.2. The first-order chi connectivity index (χ1) is 15.1. The summed E-state index contributed by atoms with van der Waals surface area (Å²) in [6, 6.07) is 0.812. The van der Waals surface area contributed by atoms with Crippen LogP contribution in [-0.2, 0) is 16.1 Å². The summed E-state index contributed by atoms with van der Waals surface area (Å²) in [5.41, 5.74) is 5.03. The second-order valence-corrected chi connectivity index (χ2v) is 9.31. The van der Waals surface area contributed by atoms with Crippen molar-refractivity contribution in [2.24, 2.45) is 5.92 Å². The zero-order chi connectivity index (χ0) is 24.0. The zero-order valence-corrected chi connectivity index (χ0v) is 20.4. The number of carbonyl (C=O) groups is 1. The van der Waals surface area contributed by atoms with Gasteiger partial charge in [0.1, 0.15) is 5.82 Å². The van der Waals surface area contributed by atoms with Gasteiger partial charge in [-0.05, 0) is 52.7 Å². The van der Waals surface area contributed by atoms with Crippen molar-refractivity contribution in [2.75, 3.05) is 57.6 Å². The molecule has 0 saturated carbocycles. The number of ether oxygens (including phenoxy) is 1. The quantitative estimate of drug-likeness (QED) is 0.533. The van der Waals surface area contributed by atoms with Crippen LogP contribution in [0.3, 0.4) is 0 Å². The Hall–Kier alpha value is -2.17. The number of anilines is 2. The molecule has 2 rings (SSSR count). The van der Waals surface area contributed by atoms with Gasteiger partial charge >= 0.3 is 5.69 Å². The minimum absolute atomic E-state index is 0.00444. The highest BCUT2D eigenvalue weighted by Crippen LogP contribution is 2.20. The Bertz CT molecular complexity index is 870. The van der Waals surface area contributed by atoms with Crippen LogP contribution in [0.1, 0.15) is 40.5 Å². The van der Waals surface area contributed by atoms with Gasteiger partial charge in [-0.2, -0.15) is 0 Å². The smallest absolute Gasteiger partial charge is 0.330 e. The van der Waals surface area contributed by atoms with Crippen molar-refractivity contribution in [3.63, 3.8) is 0 Å². The van der Waals surface area contributed by atoms with Crippen LogP contribution in [0, 0.1) is 5.92 Å². The molecule has 0 spiro atoms. The third-order valence-electron chi connectivity index (χ3n) is 6.09. The molecular weight excluding hydrogens is 412 g/mol. The van der Waals surface area contributed by atoms with E-state index in [1.165, 1.54) is 16.6 Å². The highest BCUT2D eigenvalue weighted by Gasteiger charge is 2.29. The van der Waals surface area contributed by atoms with Crippen LogP contribution in [-0.4, -0.2) is 84.3 Å². The number of H-pyrrole nitrogens is 1. The maximum atomic E-state index is 13.3. The molecule has 1 aromatic rings. The largest absolute Gasteiger partial charge is 0.383 e. The van der Waals surface area contributed by atoms with Crippen LogP contribution in [0.5, 0.6) is 0 Å². The molecule has 0 atom stereocenters. The van der Waals surface area contributed by atoms with Crippen LogP contribution >= 0.6 is 0 Å². The number of nitrogens with two attached hydrogens (primary N) is 1. The number of hydrogen-bond donors (Lipinski definition) is 2. The second kappa shape index (κ2) is 11.6. The monoisotopic (exact) mass is 452 g/mol. The van der Waals surface area contributed by atoms with E-state index in [9.17, 15) is 14.4 Å². The normalized spacial score (nSPS) is 15.8. The zero-order valence-electron chi connectivity index (χ0n) is 20.4. The molecular formula is C22H40N6O4. The molecule has 0 bridgehead atoms. The highest BCUT2D eigenvalue weighted by molar-refractivity contribution is 5.96. The second-order valence-electron chi connectivity index (χ2n) is 9.31. The first-order valence-corrected chi connectivity index (χ1v) is 11.4. The number of hydrogen-bond acceptors (Lipinski definition) is 7. The average molecular weight is 453 g/mol. The van der Waals surface area contributed by atoms with E-state index in [1.807, 2.05) is 25.8 Å². The predicted molar refractivity (Wildman–Crippen MR) is 127 cm³/mol. The molecule has 0 unspecified atom stereocenters. The molecule has 0 aliphatic carbocycles. The molecule has 1 aliphatic rings. The number of aromatic amines is 1. The van der Waals surface area contributed by atoms with Crippen molar-refractivity contribution >= 4 is 17.4 Å². The van der Waals surface area contributed by atoms with Gasteiger partial charge in [0, 0.05) is 32.3 Å². The molecule has 1 saturated heterocycles. The maximum absolute atomic E-state index is 13.3. The van der Waals surface area contributed by atoms with E-state index in [-0.39, 0.29) is 43.0 Å². The van der Waals surface area contributed by atoms with Crippen molar-refractivity contribution in [1.29, 1.82) is 0 Å². The summed E-state index contributed by atoms with van der Waals surface area (Å²) in [4.78, 5) is 46.5. The average Bonchev–Trinajstić information content (AvgIpc) is 2.73. The standard InChI is InChI=1S/C22H40N6O4/c1-15(2)13-28-20(23)19(21(30)24-22(28)31)27(11-12-32-6)18(29)14-25(5)17-7-9-26(10-8-17)16(3)4/h15-17H,7-14,23H2,1-6H3,(H,24,30,31). The number of aromatic nitrogens is 2. The SMILES string of the molecule is COCCN(C(=O)CN(C)C1CCN(C(C)C)CC1)c1c(N)n(CC(C)C)c(=O)[nH]c1=O. The van der Waals surface area contributed by atoms with Gasteiger partial charge in [0.15, 0.2) is 5.69 Å². The van der Waals surface area contributed by atoms with E-state index < -0.39 is 11.2 Å². The molecule has 10 nitrogen and oxygen atoms in total. The number of methoxy groups -OCH3 is 1. The summed E-state index contributed by atoms with van der Waals surface area (Å²) in [6.07, 6.45) is 1.98. The first-order valence-electron chi connectivity index (χ1n) is 11.4. The van der Waals surface area contributed by atoms with Gasteiger partial charge < -0.3 is 20.3 Å². The number of rotatable bonds is 10. The number of likely N-dealkylation sites (N-methyl/N-ethyl adjacent to an activating group) is 1. The molecule has 0 aromatic carbocycles. The lowest BCUT2D eigenvalue weighted by Crippen LogP contribution is -2.50. The summed E-state index contributed by atoms with van der Waals surface area (Å²) >= 11 is 0. The van der Waals surface area contributed by atoms with E-state index in [1.54, 1.807) is 0 Å². The van der Waals surface area contributed by atoms with Gasteiger partial charge in [-0.3, -0.25) is 24.0 Å². The number of nitrogens with zero attached hydrogens (tertiary/aromatic N) is 4. The Balaban J connectivity index is 2.25. The molecule has 32 heavy (non-hydrogen) atoms. The summed E-state index contributed by atoms with van der Waals surface area (Å²) in [5, 5.41) is 0. The number of amides is 1. The van der Waals surface area contributed by atoms with E-state index in [0.717, 1.165) is 25.9 Å². The predicted octanol–water partition coefficient (Wildman–Crippen LogP) is 0.559. The molecule has 3 N–H and O–H groups in total. The van der Waals surface area contributed by atoms with Crippen LogP contribution in [0.2, 0.25) is 0 Å². The Morgan fingerprint density at radius 3 is 2.38 bits per heavy atom. The van der Waals surface area contributed by atoms with E-state index in [2.05, 4.69) is 23.7 Å². The fourth-order valence-electron chi connectivity index (χ4n) is 4.20. The molecule has 1 aromatic heterocycles. The van der Waals surface area contributed by atoms with Gasteiger partial charge in [-0.25, -0.2) is 4.79 Å². The lowest BCUT2D eigenvalue weighted by molar-refractivity contribution is -0.120. The van der Waals surface area contributed by atoms with Gasteiger partial charge in [-0.15, -0.1) is 0 Å². The van der Waals surface area contributed by atoms with Gasteiger partial charge in [0.2, 0.25) is 5.91 Å². The molecule has 2 heterocycles. The van der Waals surface area contributed by atoms with Crippen LogP contribution < -0.4 is 21.9 Å². The Morgan fingerprint density at radius 2 is 1.84 bits per heavy atom. The van der Waals surface area contributed by atoms with Crippen molar-refractivity contribution in [3.05, 3.63) is 20.8 Å². The molecule has 1 fully saturated rings. The number of carbonyl (C=O) groups excluding carboxylic acids is 1. The van der Waals surface area contributed by atoms with Crippen LogP contribution in [0.4, 0.5) is 11.5 Å². The topological polar surface area (TPSA) is 117 Å². The van der Waals surface area contributed by atoms with Crippen LogP contribution in [0.15, 0.2) is 9.59 Å². The van der Waals surface area contributed by atoms with Crippen molar-refractivity contribution in [3.8, 4) is 0 Å². The van der Waals surface area contributed by atoms with Gasteiger partial charge in [0.25, 0.3) is 5.56 Å². The third kappa shape index (κ3) is 6.43. The lowest BCUT2D eigenvalue weighted by Gasteiger charge is -2.38. The number of nitrogens with one attached hydrogen (secondary N) is 1. The van der Waals surface area contributed by atoms with Crippen molar-refractivity contribution in [1.82, 2.24) is 19.4 Å². The van der Waals surface area contributed by atoms with Gasteiger partial charge in [0.05, 0.1) is 13.2 Å². The molecule has 10 heteroatoms. The number of nitrogen functional groups attached to an aromatic ring is 1. The fourth-order valence-corrected chi connectivity index (χ4v) is 4.20. The van der Waals surface area contributed by atoms with Crippen molar-refractivity contribution < 1.29 is 9.53 Å². The fraction of sp³-hybridized carbons (Fsp3) is 0.773. The van der Waals surface area contributed by atoms with Crippen molar-refractivity contribution in [2.45, 2.75) is 59.2 Å². The lowest BCUT2D eigenvalue weighted by atomic mass is 10.0. The first kappa shape index (κ1) is 26.1. The highest BCUT2D eigenvalue weighted by atomic mass is 16.5. The molecule has 1 amide bonds. The summed E-state index contributed by atoms with van der Waals surface area (Å²) in [7, 11) is 3.47.